The van der Waals surface area contributed by atoms with Crippen LogP contribution in [0.1, 0.15) is 0 Å². The van der Waals surface area contributed by atoms with Gasteiger partial charge in [-0.3, -0.25) is 25.3 Å². The Morgan fingerprint density at radius 2 is 1.88 bits per heavy atom. The number of nitrogens with one attached hydrogen (secondary N) is 1. The highest BCUT2D eigenvalue weighted by molar-refractivity contribution is 6.76. The van der Waals surface area contributed by atoms with Gasteiger partial charge in [0.1, 0.15) is 25.3 Å². The molecule has 0 aromatic carbocycles. The van der Waals surface area contributed by atoms with Crippen molar-refractivity contribution in [2.75, 3.05) is 6.61 Å². The number of aromatic nitrogens is 4. The zero-order valence-corrected chi connectivity index (χ0v) is 14.7. The van der Waals surface area contributed by atoms with Crippen LogP contribution in [0.25, 0.3) is 0 Å². The van der Waals surface area contributed by atoms with E-state index in [1.165, 1.54) is 23.3 Å². The van der Waals surface area contributed by atoms with Gasteiger partial charge in [0, 0.05) is 14.7 Å². The second-order valence-corrected chi connectivity index (χ2v) is 11.7. The van der Waals surface area contributed by atoms with Crippen LogP contribution in [0.2, 0.25) is 25.7 Å². The third-order valence-corrected chi connectivity index (χ3v) is 4.45. The predicted molar refractivity (Wildman–Crippen MR) is 88.2 cm³/mol. The molecule has 0 saturated carbocycles. The van der Waals surface area contributed by atoms with Crippen LogP contribution in [0.5, 0.6) is 0 Å². The first-order valence-electron chi connectivity index (χ1n) is 7.07. The van der Waals surface area contributed by atoms with Crippen molar-refractivity contribution in [2.24, 2.45) is 0 Å². The molecule has 0 bridgehead atoms. The van der Waals surface area contributed by atoms with Crippen molar-refractivity contribution in [3.63, 3.8) is 0 Å². The predicted octanol–water partition coefficient (Wildman–Crippen LogP) is 2.42. The first kappa shape index (κ1) is 19.4. The van der Waals surface area contributed by atoms with E-state index >= 15 is 0 Å². The van der Waals surface area contributed by atoms with Crippen LogP contribution in [0.15, 0.2) is 24.8 Å². The molecule has 2 rings (SSSR count). The zero-order chi connectivity index (χ0) is 18.2. The van der Waals surface area contributed by atoms with Crippen molar-refractivity contribution in [3.8, 4) is 0 Å². The first-order chi connectivity index (χ1) is 11.2. The number of hydrogen-bond acceptors (Lipinski definition) is 7. The minimum Gasteiger partial charge on any atom is -0.360 e. The molecule has 2 aromatic heterocycles. The summed E-state index contributed by atoms with van der Waals surface area (Å²) in [6.45, 7) is 7.78. The van der Waals surface area contributed by atoms with Crippen molar-refractivity contribution in [1.29, 1.82) is 0 Å². The Bertz CT molecular complexity index is 651. The highest BCUT2D eigenvalue weighted by Crippen LogP contribution is 2.09. The fourth-order valence-corrected chi connectivity index (χ4v) is 2.15. The van der Waals surface area contributed by atoms with Crippen molar-refractivity contribution >= 4 is 19.4 Å². The Morgan fingerprint density at radius 1 is 1.21 bits per heavy atom. The molecule has 0 radical (unpaired) electrons. The molecule has 132 valence electrons. The number of aromatic amines is 1. The summed E-state index contributed by atoms with van der Waals surface area (Å²) in [5, 5.41) is 29.7. The van der Waals surface area contributed by atoms with Gasteiger partial charge in [-0.25, -0.2) is 4.68 Å². The molecule has 1 N–H and O–H groups in total. The van der Waals surface area contributed by atoms with E-state index in [4.69, 9.17) is 4.74 Å². The molecule has 0 aliphatic carbocycles. The van der Waals surface area contributed by atoms with Crippen LogP contribution >= 0.6 is 0 Å². The van der Waals surface area contributed by atoms with E-state index in [-0.39, 0.29) is 18.1 Å². The summed E-state index contributed by atoms with van der Waals surface area (Å²) < 4.78 is 6.83. The maximum absolute atomic E-state index is 10.4. The number of nitrogens with zero attached hydrogens (tertiary/aromatic N) is 5. The molecule has 2 heterocycles. The molecule has 0 atom stereocenters. The lowest BCUT2D eigenvalue weighted by molar-refractivity contribution is -0.385. The maximum Gasteiger partial charge on any atom is 0.307 e. The first-order valence-corrected chi connectivity index (χ1v) is 10.8. The van der Waals surface area contributed by atoms with E-state index in [0.29, 0.717) is 6.61 Å². The van der Waals surface area contributed by atoms with Crippen molar-refractivity contribution in [3.05, 3.63) is 45.0 Å². The van der Waals surface area contributed by atoms with Crippen LogP contribution in [0.4, 0.5) is 11.4 Å². The number of rotatable bonds is 7. The Hall–Kier alpha value is -2.60. The maximum atomic E-state index is 10.4. The average Bonchev–Trinajstić information content (AvgIpc) is 3.14. The van der Waals surface area contributed by atoms with Crippen LogP contribution in [0.3, 0.4) is 0 Å². The Labute approximate surface area is 138 Å². The monoisotopic (exact) mass is 356 g/mol. The fraction of sp³-hybridized carbons (Fsp3) is 0.500. The summed E-state index contributed by atoms with van der Waals surface area (Å²) in [5.41, 5.74) is -0.0150. The standard InChI is InChI=1S/C9H17N3O3Si.C3H3N3O2/c1-16(2,3)5-4-15-8-11-7-9(6-10-11)12(13)14;7-6(8)3-1-4-5-2-3/h6-7H,4-5,8H2,1-3H3;1-2H,(H,4,5). The van der Waals surface area contributed by atoms with Gasteiger partial charge >= 0.3 is 11.4 Å². The van der Waals surface area contributed by atoms with Gasteiger partial charge in [0.25, 0.3) is 0 Å². The fourth-order valence-electron chi connectivity index (χ4n) is 1.40. The lowest BCUT2D eigenvalue weighted by Crippen LogP contribution is -2.22. The lowest BCUT2D eigenvalue weighted by atomic mass is 10.6. The molecule has 0 unspecified atom stereocenters. The van der Waals surface area contributed by atoms with Gasteiger partial charge in [0.05, 0.1) is 16.0 Å². The van der Waals surface area contributed by atoms with Crippen molar-refractivity contribution in [1.82, 2.24) is 20.0 Å². The summed E-state index contributed by atoms with van der Waals surface area (Å²) in [4.78, 5) is 19.2. The molecule has 0 aliphatic rings. The largest absolute Gasteiger partial charge is 0.360 e. The molecule has 0 amide bonds. The smallest absolute Gasteiger partial charge is 0.307 e. The summed E-state index contributed by atoms with van der Waals surface area (Å²) >= 11 is 0. The highest BCUT2D eigenvalue weighted by atomic mass is 28.3. The van der Waals surface area contributed by atoms with E-state index in [0.717, 1.165) is 12.2 Å². The third kappa shape index (κ3) is 7.60. The van der Waals surface area contributed by atoms with Crippen LogP contribution < -0.4 is 0 Å². The van der Waals surface area contributed by atoms with Crippen LogP contribution in [-0.2, 0) is 11.5 Å². The SMILES string of the molecule is C[Si](C)(C)CCOCn1cc([N+](=O)[O-])cn1.O=[N+]([O-])c1cn[nH]c1. The third-order valence-electron chi connectivity index (χ3n) is 2.74. The van der Waals surface area contributed by atoms with E-state index in [9.17, 15) is 20.2 Å². The molecule has 24 heavy (non-hydrogen) atoms. The van der Waals surface area contributed by atoms with Crippen molar-refractivity contribution in [2.45, 2.75) is 32.4 Å². The van der Waals surface area contributed by atoms with Crippen LogP contribution in [-0.4, -0.2) is 44.5 Å². The van der Waals surface area contributed by atoms with Gasteiger partial charge in [-0.05, 0) is 6.04 Å². The molecular formula is C12H20N6O5Si. The highest BCUT2D eigenvalue weighted by Gasteiger charge is 2.12. The number of hydrogen-bond donors (Lipinski definition) is 1. The number of H-pyrrole nitrogens is 1. The quantitative estimate of drug-likeness (QED) is 0.347. The Kier molecular flexibility index (Phi) is 7.19. The number of nitro groups is 2. The summed E-state index contributed by atoms with van der Waals surface area (Å²) in [6, 6.07) is 1.08. The Balaban J connectivity index is 0.000000300. The second-order valence-electron chi connectivity index (χ2n) is 6.06. The van der Waals surface area contributed by atoms with Gasteiger partial charge in [-0.15, -0.1) is 0 Å². The second kappa shape index (κ2) is 8.88. The lowest BCUT2D eigenvalue weighted by Gasteiger charge is -2.15. The molecule has 11 nitrogen and oxygen atoms in total. The summed E-state index contributed by atoms with van der Waals surface area (Å²) in [6.07, 6.45) is 4.97. The normalized spacial score (nSPS) is 10.8. The summed E-state index contributed by atoms with van der Waals surface area (Å²) in [5.74, 6) is 0. The van der Waals surface area contributed by atoms with Crippen LogP contribution in [0, 0.1) is 20.2 Å². The Morgan fingerprint density at radius 3 is 2.29 bits per heavy atom. The minimum atomic E-state index is -1.07. The molecule has 0 fully saturated rings. The topological polar surface area (TPSA) is 142 Å². The minimum absolute atomic E-state index is 0.00574. The number of ether oxygens (including phenoxy) is 1. The van der Waals surface area contributed by atoms with Gasteiger partial charge < -0.3 is 4.74 Å². The molecule has 0 saturated heterocycles. The molecular weight excluding hydrogens is 336 g/mol. The zero-order valence-electron chi connectivity index (χ0n) is 13.7. The summed E-state index contributed by atoms with van der Waals surface area (Å²) in [7, 11) is -1.07. The molecule has 12 heteroatoms. The van der Waals surface area contributed by atoms with E-state index in [1.807, 2.05) is 0 Å². The van der Waals surface area contributed by atoms with Gasteiger partial charge in [0.2, 0.25) is 0 Å². The van der Waals surface area contributed by atoms with E-state index < -0.39 is 17.9 Å². The van der Waals surface area contributed by atoms with Crippen molar-refractivity contribution < 1.29 is 14.6 Å². The van der Waals surface area contributed by atoms with E-state index in [2.05, 4.69) is 34.9 Å². The molecule has 0 spiro atoms. The molecule has 0 aliphatic heterocycles. The average molecular weight is 356 g/mol. The van der Waals surface area contributed by atoms with Gasteiger partial charge in [0.15, 0.2) is 0 Å². The molecule has 2 aromatic rings. The van der Waals surface area contributed by atoms with E-state index in [1.54, 1.807) is 0 Å². The van der Waals surface area contributed by atoms with Gasteiger partial charge in [-0.1, -0.05) is 19.6 Å². The van der Waals surface area contributed by atoms with Gasteiger partial charge in [-0.2, -0.15) is 10.2 Å².